The molecule has 28 heavy (non-hydrogen) atoms. The van der Waals surface area contributed by atoms with Crippen molar-refractivity contribution in [1.29, 1.82) is 0 Å². The van der Waals surface area contributed by atoms with Crippen LogP contribution in [0.3, 0.4) is 0 Å². The molecule has 2 aromatic rings. The lowest BCUT2D eigenvalue weighted by atomic mass is 9.95. The van der Waals surface area contributed by atoms with Crippen LogP contribution in [0.15, 0.2) is 53.4 Å². The summed E-state index contributed by atoms with van der Waals surface area (Å²) in [6.45, 7) is 6.72. The van der Waals surface area contributed by atoms with Crippen LogP contribution in [0.5, 0.6) is 0 Å². The zero-order chi connectivity index (χ0) is 20.3. The van der Waals surface area contributed by atoms with Gasteiger partial charge < -0.3 is 5.32 Å². The Morgan fingerprint density at radius 1 is 1.11 bits per heavy atom. The van der Waals surface area contributed by atoms with Gasteiger partial charge >= 0.3 is 0 Å². The van der Waals surface area contributed by atoms with Crippen LogP contribution in [-0.2, 0) is 22.8 Å². The number of benzene rings is 2. The van der Waals surface area contributed by atoms with Crippen LogP contribution in [-0.4, -0.2) is 44.6 Å². The summed E-state index contributed by atoms with van der Waals surface area (Å²) in [5.41, 5.74) is 3.13. The van der Waals surface area contributed by atoms with Gasteiger partial charge in [-0.05, 0) is 41.7 Å². The predicted octanol–water partition coefficient (Wildman–Crippen LogP) is 2.90. The average molecular weight is 401 g/mol. The van der Waals surface area contributed by atoms with E-state index >= 15 is 0 Å². The second kappa shape index (κ2) is 8.45. The van der Waals surface area contributed by atoms with Crippen LogP contribution in [0.25, 0.3) is 0 Å². The van der Waals surface area contributed by atoms with E-state index in [1.54, 1.807) is 12.1 Å². The number of nitrogens with one attached hydrogen (secondary N) is 1. The van der Waals surface area contributed by atoms with Crippen molar-refractivity contribution in [2.75, 3.05) is 19.3 Å². The van der Waals surface area contributed by atoms with Crippen LogP contribution in [0.2, 0.25) is 0 Å². The standard InChI is InChI=1S/C22H28N2O3S/c1-16(2)21(24-12-11-17-7-4-5-8-19(17)15-24)14-23-22(25)18-9-6-10-20(13-18)28(3,26)27/h4-10,13,16,21H,11-12,14-15H2,1-3H3,(H,23,25). The molecule has 0 radical (unpaired) electrons. The van der Waals surface area contributed by atoms with Crippen LogP contribution >= 0.6 is 0 Å². The highest BCUT2D eigenvalue weighted by Crippen LogP contribution is 2.23. The summed E-state index contributed by atoms with van der Waals surface area (Å²) in [6, 6.07) is 14.9. The second-order valence-electron chi connectivity index (χ2n) is 7.81. The zero-order valence-corrected chi connectivity index (χ0v) is 17.5. The first-order valence-corrected chi connectivity index (χ1v) is 11.5. The summed E-state index contributed by atoms with van der Waals surface area (Å²) in [5.74, 6) is 0.140. The van der Waals surface area contributed by atoms with Crippen molar-refractivity contribution in [1.82, 2.24) is 10.2 Å². The predicted molar refractivity (Wildman–Crippen MR) is 111 cm³/mol. The van der Waals surface area contributed by atoms with Gasteiger partial charge in [0.2, 0.25) is 0 Å². The first-order chi connectivity index (χ1) is 13.3. The normalized spacial score (nSPS) is 15.9. The quantitative estimate of drug-likeness (QED) is 0.810. The first-order valence-electron chi connectivity index (χ1n) is 9.65. The maximum atomic E-state index is 12.6. The van der Waals surface area contributed by atoms with Crippen molar-refractivity contribution in [2.24, 2.45) is 5.92 Å². The number of nitrogens with zero attached hydrogens (tertiary/aromatic N) is 1. The van der Waals surface area contributed by atoms with E-state index in [-0.39, 0.29) is 16.8 Å². The molecule has 3 rings (SSSR count). The third kappa shape index (κ3) is 4.80. The molecule has 0 fully saturated rings. The Labute approximate surface area is 167 Å². The van der Waals surface area contributed by atoms with E-state index < -0.39 is 9.84 Å². The third-order valence-electron chi connectivity index (χ3n) is 5.39. The summed E-state index contributed by atoms with van der Waals surface area (Å²) in [4.78, 5) is 15.2. The van der Waals surface area contributed by atoms with Crippen LogP contribution in [0, 0.1) is 5.92 Å². The zero-order valence-electron chi connectivity index (χ0n) is 16.7. The van der Waals surface area contributed by atoms with Gasteiger partial charge in [0.25, 0.3) is 5.91 Å². The molecule has 0 aromatic heterocycles. The molecule has 6 heteroatoms. The number of amides is 1. The molecule has 1 aliphatic rings. The molecule has 0 bridgehead atoms. The van der Waals surface area contributed by atoms with Crippen LogP contribution < -0.4 is 5.32 Å². The van der Waals surface area contributed by atoms with E-state index in [1.165, 1.54) is 23.3 Å². The van der Waals surface area contributed by atoms with Crippen molar-refractivity contribution in [3.05, 3.63) is 65.2 Å². The third-order valence-corrected chi connectivity index (χ3v) is 6.51. The minimum atomic E-state index is -3.34. The SMILES string of the molecule is CC(C)C(CNC(=O)c1cccc(S(C)(=O)=O)c1)N1CCc2ccccc2C1. The fourth-order valence-corrected chi connectivity index (χ4v) is 4.42. The van der Waals surface area contributed by atoms with E-state index in [4.69, 9.17) is 0 Å². The van der Waals surface area contributed by atoms with Crippen molar-refractivity contribution in [2.45, 2.75) is 37.8 Å². The lowest BCUT2D eigenvalue weighted by Gasteiger charge is -2.38. The van der Waals surface area contributed by atoms with E-state index in [9.17, 15) is 13.2 Å². The molecule has 0 spiro atoms. The van der Waals surface area contributed by atoms with Gasteiger partial charge in [-0.1, -0.05) is 44.2 Å². The molecule has 0 saturated heterocycles. The van der Waals surface area contributed by atoms with E-state index in [2.05, 4.69) is 48.3 Å². The first kappa shape index (κ1) is 20.6. The van der Waals surface area contributed by atoms with Crippen molar-refractivity contribution >= 4 is 15.7 Å². The molecule has 5 nitrogen and oxygen atoms in total. The molecule has 1 atom stereocenters. The van der Waals surface area contributed by atoms with Gasteiger partial charge in [-0.25, -0.2) is 8.42 Å². The van der Waals surface area contributed by atoms with Gasteiger partial charge in [-0.15, -0.1) is 0 Å². The Morgan fingerprint density at radius 2 is 1.82 bits per heavy atom. The van der Waals surface area contributed by atoms with E-state index in [1.807, 2.05) is 0 Å². The largest absolute Gasteiger partial charge is 0.350 e. The molecular formula is C22H28N2O3S. The Kier molecular flexibility index (Phi) is 6.20. The molecule has 1 heterocycles. The fraction of sp³-hybridized carbons (Fsp3) is 0.409. The molecule has 1 unspecified atom stereocenters. The van der Waals surface area contributed by atoms with Gasteiger partial charge in [-0.2, -0.15) is 0 Å². The highest BCUT2D eigenvalue weighted by atomic mass is 32.2. The number of rotatable bonds is 6. The summed E-state index contributed by atoms with van der Waals surface area (Å²) < 4.78 is 23.5. The Hall–Kier alpha value is -2.18. The van der Waals surface area contributed by atoms with Gasteiger partial charge in [0.1, 0.15) is 0 Å². The van der Waals surface area contributed by atoms with E-state index in [0.717, 1.165) is 25.8 Å². The molecule has 2 aromatic carbocycles. The van der Waals surface area contributed by atoms with Crippen molar-refractivity contribution in [3.8, 4) is 0 Å². The molecule has 150 valence electrons. The molecule has 1 aliphatic heterocycles. The highest BCUT2D eigenvalue weighted by molar-refractivity contribution is 7.90. The monoisotopic (exact) mass is 400 g/mol. The minimum absolute atomic E-state index is 0.160. The van der Waals surface area contributed by atoms with Gasteiger partial charge in [-0.3, -0.25) is 9.69 Å². The molecule has 0 aliphatic carbocycles. The Morgan fingerprint density at radius 3 is 2.50 bits per heavy atom. The number of carbonyl (C=O) groups is 1. The fourth-order valence-electron chi connectivity index (χ4n) is 3.75. The molecule has 1 amide bonds. The van der Waals surface area contributed by atoms with Crippen molar-refractivity contribution in [3.63, 3.8) is 0 Å². The van der Waals surface area contributed by atoms with Gasteiger partial charge in [0.05, 0.1) is 4.90 Å². The van der Waals surface area contributed by atoms with Crippen LogP contribution in [0.1, 0.15) is 35.3 Å². The maximum absolute atomic E-state index is 12.6. The van der Waals surface area contributed by atoms with Gasteiger partial charge in [0.15, 0.2) is 9.84 Å². The number of hydrogen-bond donors (Lipinski definition) is 1. The number of carbonyl (C=O) groups excluding carboxylic acids is 1. The maximum Gasteiger partial charge on any atom is 0.251 e. The minimum Gasteiger partial charge on any atom is -0.350 e. The summed E-state index contributed by atoms with van der Waals surface area (Å²) in [5, 5.41) is 3.00. The topological polar surface area (TPSA) is 66.5 Å². The van der Waals surface area contributed by atoms with Gasteiger partial charge in [0, 0.05) is 37.5 Å². The number of sulfone groups is 1. The average Bonchev–Trinajstić information content (AvgIpc) is 2.67. The summed E-state index contributed by atoms with van der Waals surface area (Å²) in [7, 11) is -3.34. The van der Waals surface area contributed by atoms with Crippen LogP contribution in [0.4, 0.5) is 0 Å². The summed E-state index contributed by atoms with van der Waals surface area (Å²) in [6.07, 6.45) is 2.16. The lowest BCUT2D eigenvalue weighted by molar-refractivity contribution is 0.0904. The number of hydrogen-bond acceptors (Lipinski definition) is 4. The highest BCUT2D eigenvalue weighted by Gasteiger charge is 2.26. The summed E-state index contributed by atoms with van der Waals surface area (Å²) >= 11 is 0. The molecule has 1 N–H and O–H groups in total. The number of fused-ring (bicyclic) bond motifs is 1. The molecular weight excluding hydrogens is 372 g/mol. The lowest BCUT2D eigenvalue weighted by Crippen LogP contribution is -2.48. The Bertz CT molecular complexity index is 954. The Balaban J connectivity index is 1.68. The second-order valence-corrected chi connectivity index (χ2v) is 9.83. The van der Waals surface area contributed by atoms with Crippen molar-refractivity contribution < 1.29 is 13.2 Å². The van der Waals surface area contributed by atoms with E-state index in [0.29, 0.717) is 18.0 Å². The smallest absolute Gasteiger partial charge is 0.251 e. The molecule has 0 saturated carbocycles.